The Bertz CT molecular complexity index is 1140. The molecule has 0 aromatic heterocycles. The number of aryl methyl sites for hydroxylation is 1. The van der Waals surface area contributed by atoms with Gasteiger partial charge in [0.2, 0.25) is 0 Å². The summed E-state index contributed by atoms with van der Waals surface area (Å²) in [6, 6.07) is 23.0. The summed E-state index contributed by atoms with van der Waals surface area (Å²) in [7, 11) is 0. The maximum atomic E-state index is 13.0. The van der Waals surface area contributed by atoms with Crippen molar-refractivity contribution in [2.45, 2.75) is 39.8 Å². The number of phenols is 1. The van der Waals surface area contributed by atoms with E-state index in [2.05, 4.69) is 35.9 Å². The van der Waals surface area contributed by atoms with Crippen LogP contribution in [0, 0.1) is 12.8 Å². The zero-order valence-corrected chi connectivity index (χ0v) is 21.6. The SMILES string of the molecule is Cc1ccc(Oc2ccc(C(=O)N[C@H](CN3CCN(c4cccc(O)c4)[C@@H](C)C3)C(C)C)cc2)cc1. The Hall–Kier alpha value is -3.51. The predicted molar refractivity (Wildman–Crippen MR) is 145 cm³/mol. The largest absolute Gasteiger partial charge is 0.508 e. The minimum absolute atomic E-state index is 0.0421. The van der Waals surface area contributed by atoms with Crippen LogP contribution >= 0.6 is 0 Å². The number of nitrogens with one attached hydrogen (secondary N) is 1. The second-order valence-electron chi connectivity index (χ2n) is 10.1. The molecule has 1 saturated heterocycles. The van der Waals surface area contributed by atoms with Crippen LogP contribution in [0.1, 0.15) is 36.7 Å². The van der Waals surface area contributed by atoms with E-state index in [1.807, 2.05) is 73.7 Å². The number of phenolic OH excluding ortho intramolecular Hbond substituents is 1. The summed E-state index contributed by atoms with van der Waals surface area (Å²) in [4.78, 5) is 17.8. The number of rotatable bonds is 8. The number of piperazine rings is 1. The number of carbonyl (C=O) groups excluding carboxylic acids is 1. The normalized spacial score (nSPS) is 17.1. The van der Waals surface area contributed by atoms with E-state index >= 15 is 0 Å². The van der Waals surface area contributed by atoms with E-state index in [0.717, 1.165) is 37.6 Å². The van der Waals surface area contributed by atoms with Gasteiger partial charge >= 0.3 is 0 Å². The van der Waals surface area contributed by atoms with Crippen molar-refractivity contribution in [3.8, 4) is 17.2 Å². The number of benzene rings is 3. The first-order chi connectivity index (χ1) is 17.3. The average molecular weight is 488 g/mol. The number of ether oxygens (including phenoxy) is 1. The Kier molecular flexibility index (Phi) is 8.16. The van der Waals surface area contributed by atoms with E-state index in [4.69, 9.17) is 4.74 Å². The van der Waals surface area contributed by atoms with E-state index in [9.17, 15) is 9.90 Å². The van der Waals surface area contributed by atoms with Gasteiger partial charge in [0, 0.05) is 55.6 Å². The van der Waals surface area contributed by atoms with Crippen LogP contribution in [0.25, 0.3) is 0 Å². The third-order valence-corrected chi connectivity index (χ3v) is 6.82. The summed E-state index contributed by atoms with van der Waals surface area (Å²) >= 11 is 0. The van der Waals surface area contributed by atoms with Gasteiger partial charge in [0.15, 0.2) is 0 Å². The number of aromatic hydroxyl groups is 1. The van der Waals surface area contributed by atoms with Gasteiger partial charge in [-0.25, -0.2) is 0 Å². The Morgan fingerprint density at radius 1 is 1.03 bits per heavy atom. The summed E-state index contributed by atoms with van der Waals surface area (Å²) in [5.41, 5.74) is 2.85. The van der Waals surface area contributed by atoms with Crippen LogP contribution < -0.4 is 15.0 Å². The van der Waals surface area contributed by atoms with Crippen molar-refractivity contribution >= 4 is 11.6 Å². The number of carbonyl (C=O) groups is 1. The molecule has 1 aliphatic heterocycles. The molecule has 2 N–H and O–H groups in total. The van der Waals surface area contributed by atoms with Gasteiger partial charge in [0.05, 0.1) is 0 Å². The van der Waals surface area contributed by atoms with Crippen LogP contribution in [0.15, 0.2) is 72.8 Å². The molecule has 6 nitrogen and oxygen atoms in total. The molecular formula is C30H37N3O3. The molecule has 1 heterocycles. The topological polar surface area (TPSA) is 65.0 Å². The highest BCUT2D eigenvalue weighted by Gasteiger charge is 2.27. The molecule has 1 fully saturated rings. The lowest BCUT2D eigenvalue weighted by Gasteiger charge is -2.42. The molecule has 190 valence electrons. The molecule has 4 rings (SSSR count). The molecule has 3 aromatic rings. The van der Waals surface area contributed by atoms with Crippen molar-refractivity contribution in [3.63, 3.8) is 0 Å². The molecular weight excluding hydrogens is 450 g/mol. The first kappa shape index (κ1) is 25.6. The van der Waals surface area contributed by atoms with Crippen molar-refractivity contribution in [3.05, 3.63) is 83.9 Å². The zero-order chi connectivity index (χ0) is 25.7. The Morgan fingerprint density at radius 3 is 2.31 bits per heavy atom. The Balaban J connectivity index is 1.33. The van der Waals surface area contributed by atoms with Gasteiger partial charge in [-0.05, 0) is 68.3 Å². The van der Waals surface area contributed by atoms with Gasteiger partial charge in [-0.1, -0.05) is 37.6 Å². The highest BCUT2D eigenvalue weighted by atomic mass is 16.5. The van der Waals surface area contributed by atoms with Crippen molar-refractivity contribution in [2.24, 2.45) is 5.92 Å². The zero-order valence-electron chi connectivity index (χ0n) is 21.6. The van der Waals surface area contributed by atoms with Crippen molar-refractivity contribution in [1.82, 2.24) is 10.2 Å². The van der Waals surface area contributed by atoms with E-state index in [-0.39, 0.29) is 11.9 Å². The summed E-state index contributed by atoms with van der Waals surface area (Å²) in [5, 5.41) is 13.1. The maximum absolute atomic E-state index is 13.0. The minimum atomic E-state index is -0.0676. The molecule has 0 saturated carbocycles. The standard InChI is InChI=1S/C30H37N3O3/c1-21(2)29(20-32-16-17-33(23(4)19-32)25-6-5-7-26(34)18-25)31-30(35)24-10-14-28(15-11-24)36-27-12-8-22(3)9-13-27/h5-15,18,21,23,29,34H,16-17,19-20H2,1-4H3,(H,31,35)/t23-,29+/m0/s1. The van der Waals surface area contributed by atoms with Gasteiger partial charge in [-0.3, -0.25) is 9.69 Å². The van der Waals surface area contributed by atoms with Gasteiger partial charge in [-0.15, -0.1) is 0 Å². The van der Waals surface area contributed by atoms with E-state index in [1.165, 1.54) is 5.56 Å². The van der Waals surface area contributed by atoms with Crippen LogP contribution in [-0.2, 0) is 0 Å². The molecule has 1 amide bonds. The number of amides is 1. The first-order valence-electron chi connectivity index (χ1n) is 12.7. The Labute approximate surface area is 214 Å². The molecule has 0 bridgehead atoms. The molecule has 0 aliphatic carbocycles. The third-order valence-electron chi connectivity index (χ3n) is 6.82. The van der Waals surface area contributed by atoms with Crippen LogP contribution in [-0.4, -0.2) is 54.2 Å². The van der Waals surface area contributed by atoms with Crippen LogP contribution in [0.4, 0.5) is 5.69 Å². The fraction of sp³-hybridized carbons (Fsp3) is 0.367. The number of anilines is 1. The Morgan fingerprint density at radius 2 is 1.69 bits per heavy atom. The van der Waals surface area contributed by atoms with Gasteiger partial charge in [-0.2, -0.15) is 0 Å². The van der Waals surface area contributed by atoms with E-state index in [0.29, 0.717) is 29.0 Å². The molecule has 6 heteroatoms. The van der Waals surface area contributed by atoms with E-state index in [1.54, 1.807) is 6.07 Å². The van der Waals surface area contributed by atoms with Crippen molar-refractivity contribution < 1.29 is 14.6 Å². The lowest BCUT2D eigenvalue weighted by molar-refractivity contribution is 0.0903. The van der Waals surface area contributed by atoms with Crippen LogP contribution in [0.5, 0.6) is 17.2 Å². The molecule has 1 aliphatic rings. The molecule has 0 spiro atoms. The summed E-state index contributed by atoms with van der Waals surface area (Å²) < 4.78 is 5.89. The molecule has 3 aromatic carbocycles. The molecule has 0 radical (unpaired) electrons. The summed E-state index contributed by atoms with van der Waals surface area (Å²) in [6.45, 7) is 12.0. The minimum Gasteiger partial charge on any atom is -0.508 e. The van der Waals surface area contributed by atoms with Crippen LogP contribution in [0.2, 0.25) is 0 Å². The fourth-order valence-corrected chi connectivity index (χ4v) is 4.62. The summed E-state index contributed by atoms with van der Waals surface area (Å²) in [5.74, 6) is 2.00. The fourth-order valence-electron chi connectivity index (χ4n) is 4.62. The molecule has 36 heavy (non-hydrogen) atoms. The van der Waals surface area contributed by atoms with Crippen molar-refractivity contribution in [2.75, 3.05) is 31.1 Å². The highest BCUT2D eigenvalue weighted by molar-refractivity contribution is 5.94. The second-order valence-corrected chi connectivity index (χ2v) is 10.1. The monoisotopic (exact) mass is 487 g/mol. The van der Waals surface area contributed by atoms with Crippen LogP contribution in [0.3, 0.4) is 0 Å². The number of hydrogen-bond donors (Lipinski definition) is 2. The van der Waals surface area contributed by atoms with Gasteiger partial charge in [0.1, 0.15) is 17.2 Å². The molecule has 2 atom stereocenters. The first-order valence-corrected chi connectivity index (χ1v) is 12.7. The van der Waals surface area contributed by atoms with Gasteiger partial charge < -0.3 is 20.1 Å². The average Bonchev–Trinajstić information content (AvgIpc) is 2.85. The predicted octanol–water partition coefficient (Wildman–Crippen LogP) is 5.46. The number of hydrogen-bond acceptors (Lipinski definition) is 5. The smallest absolute Gasteiger partial charge is 0.251 e. The quantitative estimate of drug-likeness (QED) is 0.442. The summed E-state index contributed by atoms with van der Waals surface area (Å²) in [6.07, 6.45) is 0. The van der Waals surface area contributed by atoms with Gasteiger partial charge in [0.25, 0.3) is 5.91 Å². The lowest BCUT2D eigenvalue weighted by Crippen LogP contribution is -2.56. The maximum Gasteiger partial charge on any atom is 0.251 e. The number of nitrogens with zero attached hydrogens (tertiary/aromatic N) is 2. The highest BCUT2D eigenvalue weighted by Crippen LogP contribution is 2.25. The lowest BCUT2D eigenvalue weighted by atomic mass is 10.0. The molecule has 0 unspecified atom stereocenters. The van der Waals surface area contributed by atoms with Crippen molar-refractivity contribution in [1.29, 1.82) is 0 Å². The third kappa shape index (κ3) is 6.58. The second kappa shape index (κ2) is 11.5. The van der Waals surface area contributed by atoms with E-state index < -0.39 is 0 Å².